The lowest BCUT2D eigenvalue weighted by Gasteiger charge is -2.27. The molecule has 1 aromatic rings. The number of hydrogen-bond donors (Lipinski definition) is 0. The number of halogens is 2. The van der Waals surface area contributed by atoms with Crippen LogP contribution < -0.4 is 0 Å². The number of rotatable bonds is 5. The fourth-order valence-corrected chi connectivity index (χ4v) is 4.16. The van der Waals surface area contributed by atoms with Crippen molar-refractivity contribution >= 4 is 46.8 Å². The second kappa shape index (κ2) is 6.91. The molecule has 0 radical (unpaired) electrons. The zero-order valence-corrected chi connectivity index (χ0v) is 15.1. The first-order chi connectivity index (χ1) is 11.0. The molecule has 1 aliphatic carbocycles. The van der Waals surface area contributed by atoms with E-state index in [4.69, 9.17) is 23.2 Å². The van der Waals surface area contributed by atoms with Crippen LogP contribution in [0.25, 0.3) is 0 Å². The second-order valence-corrected chi connectivity index (χ2v) is 7.84. The van der Waals surface area contributed by atoms with E-state index in [0.717, 1.165) is 18.4 Å². The Morgan fingerprint density at radius 3 is 2.74 bits per heavy atom. The number of benzene rings is 1. The quantitative estimate of drug-likeness (QED) is 0.794. The van der Waals surface area contributed by atoms with Gasteiger partial charge < -0.3 is 9.80 Å². The molecule has 0 N–H and O–H groups in total. The maximum absolute atomic E-state index is 12.2. The molecule has 1 aliphatic heterocycles. The van der Waals surface area contributed by atoms with E-state index in [2.05, 4.69) is 0 Å². The fourth-order valence-electron chi connectivity index (χ4n) is 2.65. The van der Waals surface area contributed by atoms with Crippen LogP contribution in [-0.2, 0) is 9.59 Å². The van der Waals surface area contributed by atoms with Gasteiger partial charge in [-0.05, 0) is 30.5 Å². The monoisotopic (exact) mass is 372 g/mol. The summed E-state index contributed by atoms with van der Waals surface area (Å²) in [5, 5.41) is 0.929. The number of carbonyl (C=O) groups excluding carboxylic acids is 2. The summed E-state index contributed by atoms with van der Waals surface area (Å²) >= 11 is 13.6. The summed E-state index contributed by atoms with van der Waals surface area (Å²) in [7, 11) is 1.81. The highest BCUT2D eigenvalue weighted by Gasteiger charge is 2.35. The lowest BCUT2D eigenvalue weighted by atomic mass is 10.2. The molecule has 1 saturated carbocycles. The van der Waals surface area contributed by atoms with Crippen LogP contribution in [0.1, 0.15) is 23.8 Å². The van der Waals surface area contributed by atoms with Crippen LogP contribution in [0.4, 0.5) is 0 Å². The van der Waals surface area contributed by atoms with E-state index in [1.807, 2.05) is 24.1 Å². The Labute approximate surface area is 150 Å². The summed E-state index contributed by atoms with van der Waals surface area (Å²) in [6.45, 7) is 1.09. The van der Waals surface area contributed by atoms with E-state index in [0.29, 0.717) is 28.9 Å². The van der Waals surface area contributed by atoms with Crippen molar-refractivity contribution in [3.05, 3.63) is 33.8 Å². The molecule has 1 saturated heterocycles. The Kier molecular flexibility index (Phi) is 5.09. The fraction of sp³-hybridized carbons (Fsp3) is 0.500. The topological polar surface area (TPSA) is 40.6 Å². The first-order valence-electron chi connectivity index (χ1n) is 7.58. The molecule has 1 heterocycles. The molecule has 0 bridgehead atoms. The van der Waals surface area contributed by atoms with Gasteiger partial charge in [-0.3, -0.25) is 9.59 Å². The summed E-state index contributed by atoms with van der Waals surface area (Å²) < 4.78 is 0. The van der Waals surface area contributed by atoms with Gasteiger partial charge in [0.2, 0.25) is 11.8 Å². The van der Waals surface area contributed by atoms with Gasteiger partial charge >= 0.3 is 0 Å². The normalized spacial score (nSPS) is 20.9. The van der Waals surface area contributed by atoms with Crippen LogP contribution in [0.15, 0.2) is 18.2 Å². The Bertz CT molecular complexity index is 637. The molecule has 2 aliphatic rings. The highest BCUT2D eigenvalue weighted by molar-refractivity contribution is 8.00. The van der Waals surface area contributed by atoms with E-state index in [1.54, 1.807) is 22.7 Å². The van der Waals surface area contributed by atoms with Crippen LogP contribution in [0.5, 0.6) is 0 Å². The zero-order chi connectivity index (χ0) is 16.6. The van der Waals surface area contributed by atoms with Crippen molar-refractivity contribution in [2.24, 2.45) is 5.92 Å². The minimum Gasteiger partial charge on any atom is -0.344 e. The molecule has 3 rings (SSSR count). The van der Waals surface area contributed by atoms with Crippen LogP contribution in [-0.4, -0.2) is 47.5 Å². The summed E-state index contributed by atoms with van der Waals surface area (Å²) in [5.74, 6) is 0.939. The Balaban J connectivity index is 1.67. The molecule has 1 atom stereocenters. The third-order valence-corrected chi connectivity index (χ3v) is 6.17. The first-order valence-corrected chi connectivity index (χ1v) is 9.39. The van der Waals surface area contributed by atoms with Gasteiger partial charge in [0, 0.05) is 26.1 Å². The number of likely N-dealkylation sites (N-methyl/N-ethyl adjacent to an activating group) is 1. The summed E-state index contributed by atoms with van der Waals surface area (Å²) in [4.78, 5) is 27.7. The summed E-state index contributed by atoms with van der Waals surface area (Å²) in [6.07, 6.45) is 1.99. The van der Waals surface area contributed by atoms with Crippen LogP contribution in [0, 0.1) is 5.92 Å². The van der Waals surface area contributed by atoms with Crippen LogP contribution in [0.2, 0.25) is 10.0 Å². The van der Waals surface area contributed by atoms with E-state index >= 15 is 0 Å². The van der Waals surface area contributed by atoms with Gasteiger partial charge in [-0.15, -0.1) is 11.8 Å². The molecule has 2 fully saturated rings. The number of hydrogen-bond acceptors (Lipinski definition) is 3. The Hall–Kier alpha value is -0.910. The van der Waals surface area contributed by atoms with Crippen molar-refractivity contribution in [2.45, 2.75) is 18.2 Å². The summed E-state index contributed by atoms with van der Waals surface area (Å²) in [6, 6.07) is 5.46. The molecule has 0 aromatic heterocycles. The van der Waals surface area contributed by atoms with Gasteiger partial charge in [0.05, 0.1) is 15.8 Å². The molecule has 7 heteroatoms. The highest BCUT2D eigenvalue weighted by Crippen LogP contribution is 2.40. The molecular formula is C16H18Cl2N2O2S. The summed E-state index contributed by atoms with van der Waals surface area (Å²) in [5.41, 5.74) is 0.964. The van der Waals surface area contributed by atoms with Gasteiger partial charge in [0.15, 0.2) is 0 Å². The third kappa shape index (κ3) is 3.78. The maximum Gasteiger partial charge on any atom is 0.233 e. The molecule has 23 heavy (non-hydrogen) atoms. The minimum atomic E-state index is -0.0679. The van der Waals surface area contributed by atoms with Gasteiger partial charge in [-0.25, -0.2) is 0 Å². The molecule has 2 amide bonds. The van der Waals surface area contributed by atoms with Gasteiger partial charge in [0.1, 0.15) is 5.37 Å². The molecule has 4 nitrogen and oxygen atoms in total. The average molecular weight is 373 g/mol. The largest absolute Gasteiger partial charge is 0.344 e. The van der Waals surface area contributed by atoms with Crippen molar-refractivity contribution < 1.29 is 9.59 Å². The predicted molar refractivity (Wildman–Crippen MR) is 93.7 cm³/mol. The van der Waals surface area contributed by atoms with Crippen LogP contribution in [0.3, 0.4) is 0 Å². The van der Waals surface area contributed by atoms with E-state index in [1.165, 1.54) is 0 Å². The number of nitrogens with zero attached hydrogens (tertiary/aromatic N) is 2. The number of carbonyl (C=O) groups is 2. The highest BCUT2D eigenvalue weighted by atomic mass is 35.5. The number of thioether (sulfide) groups is 1. The van der Waals surface area contributed by atoms with Gasteiger partial charge in [0.25, 0.3) is 0 Å². The number of amides is 2. The Morgan fingerprint density at radius 2 is 2.09 bits per heavy atom. The molecule has 0 spiro atoms. The zero-order valence-electron chi connectivity index (χ0n) is 12.8. The predicted octanol–water partition coefficient (Wildman–Crippen LogP) is 3.44. The molecule has 1 aromatic carbocycles. The van der Waals surface area contributed by atoms with E-state index in [-0.39, 0.29) is 23.1 Å². The second-order valence-electron chi connectivity index (χ2n) is 5.96. The standard InChI is InChI=1S/C16H18Cl2N2O2S/c1-19(15(22)10-2-3-10)6-7-20-14(21)9-23-16(20)11-4-5-12(17)13(18)8-11/h4-5,8,10,16H,2-3,6-7,9H2,1H3. The molecule has 1 unspecified atom stereocenters. The first kappa shape index (κ1) is 16.9. The Morgan fingerprint density at radius 1 is 1.35 bits per heavy atom. The van der Waals surface area contributed by atoms with Crippen molar-refractivity contribution in [3.63, 3.8) is 0 Å². The van der Waals surface area contributed by atoms with Gasteiger partial charge in [-0.2, -0.15) is 0 Å². The molecule has 124 valence electrons. The smallest absolute Gasteiger partial charge is 0.233 e. The van der Waals surface area contributed by atoms with E-state index in [9.17, 15) is 9.59 Å². The minimum absolute atomic E-state index is 0.0679. The van der Waals surface area contributed by atoms with Crippen molar-refractivity contribution in [1.82, 2.24) is 9.80 Å². The lowest BCUT2D eigenvalue weighted by molar-refractivity contribution is -0.133. The van der Waals surface area contributed by atoms with Crippen LogP contribution >= 0.6 is 35.0 Å². The SMILES string of the molecule is CN(CCN1C(=O)CSC1c1ccc(Cl)c(Cl)c1)C(=O)C1CC1. The maximum atomic E-state index is 12.2. The average Bonchev–Trinajstić information content (AvgIpc) is 3.31. The molecular weight excluding hydrogens is 355 g/mol. The third-order valence-electron chi connectivity index (χ3n) is 4.18. The van der Waals surface area contributed by atoms with Crippen molar-refractivity contribution in [2.75, 3.05) is 25.9 Å². The van der Waals surface area contributed by atoms with Crippen molar-refractivity contribution in [1.29, 1.82) is 0 Å². The van der Waals surface area contributed by atoms with Gasteiger partial charge in [-0.1, -0.05) is 29.3 Å². The van der Waals surface area contributed by atoms with Crippen molar-refractivity contribution in [3.8, 4) is 0 Å². The van der Waals surface area contributed by atoms with E-state index < -0.39 is 0 Å². The lowest BCUT2D eigenvalue weighted by Crippen LogP contribution is -2.38.